The Morgan fingerprint density at radius 3 is 1.75 bits per heavy atom. The van der Waals surface area contributed by atoms with E-state index >= 15 is 0 Å². The lowest BCUT2D eigenvalue weighted by molar-refractivity contribution is -0.141. The lowest BCUT2D eigenvalue weighted by Gasteiger charge is -2.06. The molecule has 0 fully saturated rings. The fourth-order valence-electron chi connectivity index (χ4n) is 3.03. The van der Waals surface area contributed by atoms with E-state index in [1.807, 2.05) is 0 Å². The zero-order valence-corrected chi connectivity index (χ0v) is 16.3. The number of hydrogen-bond donors (Lipinski definition) is 1. The normalized spacial score (nSPS) is 11.5. The topological polar surface area (TPSA) is 67.3 Å². The molecule has 0 saturated heterocycles. The number of nitrogens with zero attached hydrogens (tertiary/aromatic N) is 1. The van der Waals surface area contributed by atoms with Crippen LogP contribution in [0.4, 0.5) is 13.2 Å². The van der Waals surface area contributed by atoms with Gasteiger partial charge in [-0.1, -0.05) is 57.4 Å². The highest BCUT2D eigenvalue weighted by Crippen LogP contribution is 2.27. The number of ketones is 1. The van der Waals surface area contributed by atoms with Gasteiger partial charge in [0.15, 0.2) is 0 Å². The van der Waals surface area contributed by atoms with Gasteiger partial charge < -0.3 is 5.11 Å². The minimum atomic E-state index is -4.46. The number of carbonyl (C=O) groups is 2. The van der Waals surface area contributed by atoms with Crippen LogP contribution in [0.2, 0.25) is 0 Å². The third-order valence-corrected chi connectivity index (χ3v) is 4.61. The quantitative estimate of drug-likeness (QED) is 0.367. The van der Waals surface area contributed by atoms with Gasteiger partial charge in [-0.2, -0.15) is 13.2 Å². The Bertz CT molecular complexity index is 586. The van der Waals surface area contributed by atoms with E-state index in [4.69, 9.17) is 5.11 Å². The van der Waals surface area contributed by atoms with E-state index in [1.54, 1.807) is 0 Å². The van der Waals surface area contributed by atoms with Gasteiger partial charge in [0.1, 0.15) is 11.5 Å². The van der Waals surface area contributed by atoms with Crippen LogP contribution in [0.3, 0.4) is 0 Å². The van der Waals surface area contributed by atoms with Crippen LogP contribution in [-0.4, -0.2) is 21.8 Å². The monoisotopic (exact) mass is 401 g/mol. The van der Waals surface area contributed by atoms with E-state index in [-0.39, 0.29) is 18.6 Å². The van der Waals surface area contributed by atoms with Crippen LogP contribution in [-0.2, 0) is 22.2 Å². The number of carboxylic acids is 1. The van der Waals surface area contributed by atoms with E-state index in [0.29, 0.717) is 12.0 Å². The Kier molecular flexibility index (Phi) is 11.4. The zero-order chi connectivity index (χ0) is 20.8. The number of aliphatic carboxylic acids is 1. The molecule has 0 atom stereocenters. The molecule has 0 aliphatic carbocycles. The number of rotatable bonds is 15. The standard InChI is InChI=1S/C21H30F3NO3/c22-21(23,24)19-14-13-17(16-25-19)15-18(26)11-9-7-5-3-1-2-4-6-8-10-12-20(27)28/h13-14,16H,1-12,15H2,(H,27,28). The predicted molar refractivity (Wildman–Crippen MR) is 101 cm³/mol. The molecule has 0 aromatic carbocycles. The number of carboxylic acid groups (broad SMARTS) is 1. The van der Waals surface area contributed by atoms with E-state index in [2.05, 4.69) is 4.98 Å². The smallest absolute Gasteiger partial charge is 0.433 e. The number of carbonyl (C=O) groups excluding carboxylic acids is 1. The first kappa shape index (κ1) is 24.1. The second kappa shape index (κ2) is 13.3. The van der Waals surface area contributed by atoms with E-state index < -0.39 is 17.8 Å². The summed E-state index contributed by atoms with van der Waals surface area (Å²) in [6.07, 6.45) is 7.78. The summed E-state index contributed by atoms with van der Waals surface area (Å²) in [5, 5.41) is 8.54. The van der Waals surface area contributed by atoms with Crippen molar-refractivity contribution in [3.63, 3.8) is 0 Å². The molecule has 0 unspecified atom stereocenters. The van der Waals surface area contributed by atoms with Gasteiger partial charge in [0.05, 0.1) is 0 Å². The van der Waals surface area contributed by atoms with Crippen molar-refractivity contribution in [2.24, 2.45) is 0 Å². The van der Waals surface area contributed by atoms with Gasteiger partial charge in [0, 0.05) is 25.5 Å². The molecule has 158 valence electrons. The second-order valence-electron chi connectivity index (χ2n) is 7.19. The minimum Gasteiger partial charge on any atom is -0.481 e. The van der Waals surface area contributed by atoms with Crippen LogP contribution in [0.25, 0.3) is 0 Å². The molecule has 1 N–H and O–H groups in total. The number of unbranched alkanes of at least 4 members (excludes halogenated alkanes) is 9. The SMILES string of the molecule is O=C(O)CCCCCCCCCCCCC(=O)Cc1ccc(C(F)(F)F)nc1. The van der Waals surface area contributed by atoms with Gasteiger partial charge in [0.25, 0.3) is 0 Å². The summed E-state index contributed by atoms with van der Waals surface area (Å²) in [6, 6.07) is 2.23. The maximum absolute atomic E-state index is 12.4. The zero-order valence-electron chi connectivity index (χ0n) is 16.3. The molecule has 28 heavy (non-hydrogen) atoms. The number of alkyl halides is 3. The Morgan fingerprint density at radius 1 is 0.821 bits per heavy atom. The minimum absolute atomic E-state index is 0.0305. The summed E-state index contributed by atoms with van der Waals surface area (Å²) in [7, 11) is 0. The molecule has 4 nitrogen and oxygen atoms in total. The molecule has 1 rings (SSSR count). The molecule has 1 aromatic rings. The lowest BCUT2D eigenvalue weighted by Crippen LogP contribution is -2.09. The highest BCUT2D eigenvalue weighted by Gasteiger charge is 2.32. The molecular formula is C21H30F3NO3. The van der Waals surface area contributed by atoms with Crippen molar-refractivity contribution < 1.29 is 27.9 Å². The fraction of sp³-hybridized carbons (Fsp3) is 0.667. The van der Waals surface area contributed by atoms with Crippen molar-refractivity contribution in [3.05, 3.63) is 29.6 Å². The summed E-state index contributed by atoms with van der Waals surface area (Å²) in [4.78, 5) is 25.7. The van der Waals surface area contributed by atoms with Crippen LogP contribution in [0.15, 0.2) is 18.3 Å². The number of halogens is 3. The molecule has 0 saturated carbocycles. The summed E-state index contributed by atoms with van der Waals surface area (Å²) < 4.78 is 37.3. The van der Waals surface area contributed by atoms with Gasteiger partial charge >= 0.3 is 12.1 Å². The number of hydrogen-bond acceptors (Lipinski definition) is 3. The third kappa shape index (κ3) is 11.7. The van der Waals surface area contributed by atoms with E-state index in [0.717, 1.165) is 76.5 Å². The highest BCUT2D eigenvalue weighted by molar-refractivity contribution is 5.80. The molecule has 0 spiro atoms. The van der Waals surface area contributed by atoms with Gasteiger partial charge in [-0.3, -0.25) is 14.6 Å². The number of aromatic nitrogens is 1. The average Bonchev–Trinajstić information content (AvgIpc) is 2.62. The van der Waals surface area contributed by atoms with Crippen LogP contribution < -0.4 is 0 Å². The van der Waals surface area contributed by atoms with Crippen LogP contribution in [0, 0.1) is 0 Å². The van der Waals surface area contributed by atoms with Gasteiger partial charge in [-0.25, -0.2) is 0 Å². The van der Waals surface area contributed by atoms with Gasteiger partial charge in [0.2, 0.25) is 0 Å². The van der Waals surface area contributed by atoms with E-state index in [9.17, 15) is 22.8 Å². The molecule has 0 aliphatic rings. The van der Waals surface area contributed by atoms with Crippen molar-refractivity contribution >= 4 is 11.8 Å². The van der Waals surface area contributed by atoms with Crippen LogP contribution in [0.5, 0.6) is 0 Å². The Balaban J connectivity index is 1.99. The Labute approximate surface area is 164 Å². The fourth-order valence-corrected chi connectivity index (χ4v) is 3.03. The summed E-state index contributed by atoms with van der Waals surface area (Å²) in [6.45, 7) is 0. The first-order valence-electron chi connectivity index (χ1n) is 10.0. The molecule has 1 aromatic heterocycles. The van der Waals surface area contributed by atoms with Crippen molar-refractivity contribution in [3.8, 4) is 0 Å². The molecular weight excluding hydrogens is 371 g/mol. The summed E-state index contributed by atoms with van der Waals surface area (Å²) >= 11 is 0. The Hall–Kier alpha value is -1.92. The number of pyridine rings is 1. The van der Waals surface area contributed by atoms with Crippen LogP contribution in [0.1, 0.15) is 88.3 Å². The maximum atomic E-state index is 12.4. The van der Waals surface area contributed by atoms with Crippen molar-refractivity contribution in [2.75, 3.05) is 0 Å². The van der Waals surface area contributed by atoms with Crippen molar-refractivity contribution in [1.82, 2.24) is 4.98 Å². The highest BCUT2D eigenvalue weighted by atomic mass is 19.4. The first-order valence-corrected chi connectivity index (χ1v) is 10.0. The molecule has 1 heterocycles. The maximum Gasteiger partial charge on any atom is 0.433 e. The molecule has 7 heteroatoms. The molecule has 0 amide bonds. The van der Waals surface area contributed by atoms with Gasteiger partial charge in [-0.05, 0) is 24.5 Å². The molecule has 0 aliphatic heterocycles. The van der Waals surface area contributed by atoms with Crippen molar-refractivity contribution in [1.29, 1.82) is 0 Å². The average molecular weight is 401 g/mol. The summed E-state index contributed by atoms with van der Waals surface area (Å²) in [5.41, 5.74) is -0.426. The largest absolute Gasteiger partial charge is 0.481 e. The third-order valence-electron chi connectivity index (χ3n) is 4.61. The van der Waals surface area contributed by atoms with Crippen molar-refractivity contribution in [2.45, 2.75) is 89.6 Å². The van der Waals surface area contributed by atoms with Gasteiger partial charge in [-0.15, -0.1) is 0 Å². The Morgan fingerprint density at radius 2 is 1.32 bits per heavy atom. The lowest BCUT2D eigenvalue weighted by atomic mass is 10.0. The summed E-state index contributed by atoms with van der Waals surface area (Å²) in [5.74, 6) is -0.697. The first-order chi connectivity index (χ1) is 13.3. The molecule has 0 bridgehead atoms. The predicted octanol–water partition coefficient (Wildman–Crippen LogP) is 5.98. The van der Waals surface area contributed by atoms with E-state index in [1.165, 1.54) is 6.07 Å². The number of Topliss-reactive ketones (excluding diaryl/α,β-unsaturated/α-hetero) is 1. The molecule has 0 radical (unpaired) electrons. The van der Waals surface area contributed by atoms with Crippen LogP contribution >= 0.6 is 0 Å². The second-order valence-corrected chi connectivity index (χ2v) is 7.19.